The van der Waals surface area contributed by atoms with Crippen molar-refractivity contribution in [3.63, 3.8) is 0 Å². The maximum atomic E-state index is 3.66. The molecule has 0 aliphatic carbocycles. The molecule has 3 N–H and O–H groups in total. The van der Waals surface area contributed by atoms with Crippen molar-refractivity contribution in [2.24, 2.45) is 7.05 Å². The van der Waals surface area contributed by atoms with E-state index in [0.717, 1.165) is 0 Å². The largest absolute Gasteiger partial charge is 0.281 e. The predicted molar refractivity (Wildman–Crippen MR) is 40.2 cm³/mol. The smallest absolute Gasteiger partial charge is 0.264 e. The summed E-state index contributed by atoms with van der Waals surface area (Å²) in [7, 11) is 1.69. The Morgan fingerprint density at radius 1 is 1.31 bits per heavy atom. The number of hydrogen-bond acceptors (Lipinski definition) is 8. The first kappa shape index (κ1) is 7.39. The van der Waals surface area contributed by atoms with Crippen molar-refractivity contribution >= 4 is 11.9 Å². The van der Waals surface area contributed by atoms with Crippen LogP contribution in [0.2, 0.25) is 0 Å². The second-order valence-electron chi connectivity index (χ2n) is 2.11. The molecule has 2 rings (SSSR count). The Hall–Kier alpha value is -2.26. The maximum Gasteiger partial charge on any atom is 0.281 e. The number of nitrogens with zero attached hydrogens (tertiary/aromatic N) is 7. The van der Waals surface area contributed by atoms with E-state index in [1.54, 1.807) is 7.05 Å². The fourth-order valence-corrected chi connectivity index (χ4v) is 0.662. The van der Waals surface area contributed by atoms with Gasteiger partial charge in [0.25, 0.3) is 11.9 Å². The SMILES string of the molecule is Cn1nnnc1NNc1nn[nH]n1. The molecule has 0 saturated heterocycles. The number of anilines is 2. The number of nitrogens with one attached hydrogen (secondary N) is 3. The molecule has 68 valence electrons. The summed E-state index contributed by atoms with van der Waals surface area (Å²) in [4.78, 5) is 0. The first-order valence-electron chi connectivity index (χ1n) is 3.34. The van der Waals surface area contributed by atoms with Crippen molar-refractivity contribution in [3.05, 3.63) is 0 Å². The average Bonchev–Trinajstić information content (AvgIpc) is 2.72. The molecular formula is C3H6N10. The minimum Gasteiger partial charge on any atom is -0.264 e. The first-order chi connectivity index (χ1) is 6.36. The maximum absolute atomic E-state index is 3.66. The van der Waals surface area contributed by atoms with Crippen LogP contribution in [-0.2, 0) is 7.05 Å². The van der Waals surface area contributed by atoms with E-state index >= 15 is 0 Å². The number of aryl methyl sites for hydroxylation is 1. The van der Waals surface area contributed by atoms with E-state index in [9.17, 15) is 0 Å². The lowest BCUT2D eigenvalue weighted by molar-refractivity contribution is 0.714. The molecule has 0 atom stereocenters. The molecule has 10 heteroatoms. The number of tetrazole rings is 2. The van der Waals surface area contributed by atoms with Gasteiger partial charge in [-0.3, -0.25) is 10.9 Å². The van der Waals surface area contributed by atoms with Crippen LogP contribution < -0.4 is 10.9 Å². The number of hydrazine groups is 1. The molecule has 0 radical (unpaired) electrons. The molecule has 0 aliphatic heterocycles. The second kappa shape index (κ2) is 3.00. The second-order valence-corrected chi connectivity index (χ2v) is 2.11. The molecule has 0 aliphatic rings. The Balaban J connectivity index is 1.97. The van der Waals surface area contributed by atoms with Gasteiger partial charge in [0.05, 0.1) is 0 Å². The van der Waals surface area contributed by atoms with Crippen molar-refractivity contribution in [1.82, 2.24) is 40.8 Å². The van der Waals surface area contributed by atoms with Gasteiger partial charge in [0.1, 0.15) is 0 Å². The van der Waals surface area contributed by atoms with Gasteiger partial charge in [-0.25, -0.2) is 4.68 Å². The van der Waals surface area contributed by atoms with Crippen LogP contribution in [0.4, 0.5) is 11.9 Å². The van der Waals surface area contributed by atoms with E-state index in [4.69, 9.17) is 0 Å². The molecule has 0 unspecified atom stereocenters. The summed E-state index contributed by atoms with van der Waals surface area (Å²) in [5, 5.41) is 23.6. The number of hydrogen-bond donors (Lipinski definition) is 3. The van der Waals surface area contributed by atoms with E-state index in [-0.39, 0.29) is 0 Å². The molecule has 13 heavy (non-hydrogen) atoms. The summed E-state index contributed by atoms with van der Waals surface area (Å²) in [6.07, 6.45) is 0. The highest BCUT2D eigenvalue weighted by Crippen LogP contribution is 1.96. The van der Waals surface area contributed by atoms with Crippen LogP contribution in [0.15, 0.2) is 0 Å². The highest BCUT2D eigenvalue weighted by atomic mass is 15.6. The van der Waals surface area contributed by atoms with Gasteiger partial charge >= 0.3 is 0 Å². The van der Waals surface area contributed by atoms with Gasteiger partial charge in [-0.2, -0.15) is 5.21 Å². The van der Waals surface area contributed by atoms with E-state index in [2.05, 4.69) is 47.0 Å². The van der Waals surface area contributed by atoms with Gasteiger partial charge in [-0.15, -0.1) is 5.10 Å². The Morgan fingerprint density at radius 3 is 2.85 bits per heavy atom. The quantitative estimate of drug-likeness (QED) is 0.473. The van der Waals surface area contributed by atoms with E-state index in [0.29, 0.717) is 11.9 Å². The summed E-state index contributed by atoms with van der Waals surface area (Å²) in [5.74, 6) is 0.757. The summed E-state index contributed by atoms with van der Waals surface area (Å²) in [5.41, 5.74) is 5.33. The average molecular weight is 182 g/mol. The topological polar surface area (TPSA) is 122 Å². The summed E-state index contributed by atoms with van der Waals surface area (Å²) < 4.78 is 1.45. The van der Waals surface area contributed by atoms with Crippen LogP contribution >= 0.6 is 0 Å². The standard InChI is InChI=1S/C3H6N10/c1-13-3(8-11-12-13)7-4-2-5-9-10-6-2/h1H3,(H,7,8,12)(H2,4,5,6,9,10). The highest BCUT2D eigenvalue weighted by molar-refractivity contribution is 5.32. The molecular weight excluding hydrogens is 176 g/mol. The summed E-state index contributed by atoms with van der Waals surface area (Å²) in [6, 6.07) is 0. The number of rotatable bonds is 3. The molecule has 10 nitrogen and oxygen atoms in total. The lowest BCUT2D eigenvalue weighted by atomic mass is 11.0. The fraction of sp³-hybridized carbons (Fsp3) is 0.333. The van der Waals surface area contributed by atoms with Crippen molar-refractivity contribution in [2.45, 2.75) is 0 Å². The van der Waals surface area contributed by atoms with Crippen LogP contribution in [0.3, 0.4) is 0 Å². The minimum atomic E-state index is 0.308. The molecule has 2 heterocycles. The van der Waals surface area contributed by atoms with Crippen molar-refractivity contribution in [1.29, 1.82) is 0 Å². The van der Waals surface area contributed by atoms with Gasteiger partial charge in [-0.1, -0.05) is 10.2 Å². The normalized spacial score (nSPS) is 9.92. The zero-order valence-corrected chi connectivity index (χ0v) is 6.63. The molecule has 2 aromatic heterocycles. The zero-order chi connectivity index (χ0) is 9.10. The van der Waals surface area contributed by atoms with E-state index < -0.39 is 0 Å². The monoisotopic (exact) mass is 182 g/mol. The summed E-state index contributed by atoms with van der Waals surface area (Å²) in [6.45, 7) is 0. The third-order valence-electron chi connectivity index (χ3n) is 1.25. The number of aromatic amines is 1. The summed E-state index contributed by atoms with van der Waals surface area (Å²) >= 11 is 0. The van der Waals surface area contributed by atoms with Crippen molar-refractivity contribution in [3.8, 4) is 0 Å². The third kappa shape index (κ3) is 1.50. The number of aromatic nitrogens is 8. The van der Waals surface area contributed by atoms with Crippen LogP contribution in [0, 0.1) is 0 Å². The molecule has 0 amide bonds. The first-order valence-corrected chi connectivity index (χ1v) is 3.34. The Kier molecular flexibility index (Phi) is 1.71. The highest BCUT2D eigenvalue weighted by Gasteiger charge is 2.01. The van der Waals surface area contributed by atoms with Crippen molar-refractivity contribution < 1.29 is 0 Å². The zero-order valence-electron chi connectivity index (χ0n) is 6.63. The van der Waals surface area contributed by atoms with Crippen molar-refractivity contribution in [2.75, 3.05) is 10.9 Å². The lowest BCUT2D eigenvalue weighted by Gasteiger charge is -2.01. The Bertz CT molecular complexity index is 359. The Labute approximate surface area is 71.7 Å². The number of H-pyrrole nitrogens is 1. The van der Waals surface area contributed by atoms with Gasteiger partial charge in [-0.05, 0) is 15.6 Å². The lowest BCUT2D eigenvalue weighted by Crippen LogP contribution is -2.13. The fourth-order valence-electron chi connectivity index (χ4n) is 0.662. The van der Waals surface area contributed by atoms with E-state index in [1.807, 2.05) is 0 Å². The third-order valence-corrected chi connectivity index (χ3v) is 1.25. The molecule has 0 spiro atoms. The molecule has 0 bridgehead atoms. The van der Waals surface area contributed by atoms with Gasteiger partial charge in [0, 0.05) is 7.05 Å². The van der Waals surface area contributed by atoms with Crippen LogP contribution in [0.5, 0.6) is 0 Å². The van der Waals surface area contributed by atoms with Gasteiger partial charge < -0.3 is 0 Å². The predicted octanol–water partition coefficient (Wildman–Crippen LogP) is -1.84. The Morgan fingerprint density at radius 2 is 2.23 bits per heavy atom. The van der Waals surface area contributed by atoms with Gasteiger partial charge in [0.15, 0.2) is 0 Å². The molecule has 0 saturated carbocycles. The molecule has 0 aromatic carbocycles. The minimum absolute atomic E-state index is 0.308. The van der Waals surface area contributed by atoms with Crippen LogP contribution in [-0.4, -0.2) is 40.8 Å². The van der Waals surface area contributed by atoms with Crippen LogP contribution in [0.1, 0.15) is 0 Å². The molecule has 0 fully saturated rings. The van der Waals surface area contributed by atoms with Gasteiger partial charge in [0.2, 0.25) is 0 Å². The molecule has 2 aromatic rings. The van der Waals surface area contributed by atoms with E-state index in [1.165, 1.54) is 4.68 Å². The van der Waals surface area contributed by atoms with Crippen LogP contribution in [0.25, 0.3) is 0 Å².